The molecule has 0 saturated heterocycles. The summed E-state index contributed by atoms with van der Waals surface area (Å²) in [5, 5.41) is 20.9. The van der Waals surface area contributed by atoms with Crippen LogP contribution >= 0.6 is 0 Å². The molecular formula is C21H27BN2O5. The first-order chi connectivity index (χ1) is 14.0. The summed E-state index contributed by atoms with van der Waals surface area (Å²) in [5.74, 6) is -0.182. The average Bonchev–Trinajstić information content (AvgIpc) is 2.71. The summed E-state index contributed by atoms with van der Waals surface area (Å²) in [6.07, 6.45) is 4.12. The number of carbonyl (C=O) groups excluding carboxylic acids is 2. The van der Waals surface area contributed by atoms with Gasteiger partial charge in [0.2, 0.25) is 11.8 Å². The molecule has 0 spiro atoms. The molecule has 29 heavy (non-hydrogen) atoms. The lowest BCUT2D eigenvalue weighted by Gasteiger charge is -2.07. The van der Waals surface area contributed by atoms with Crippen molar-refractivity contribution < 1.29 is 24.5 Å². The molecule has 4 N–H and O–H groups in total. The van der Waals surface area contributed by atoms with Crippen LogP contribution in [0.4, 0.5) is 5.69 Å². The van der Waals surface area contributed by atoms with Crippen LogP contribution in [0.3, 0.4) is 0 Å². The molecule has 2 rings (SSSR count). The van der Waals surface area contributed by atoms with Crippen molar-refractivity contribution in [2.24, 2.45) is 0 Å². The maximum Gasteiger partial charge on any atom is 0.488 e. The van der Waals surface area contributed by atoms with E-state index in [4.69, 9.17) is 14.9 Å². The number of para-hydroxylation sites is 1. The van der Waals surface area contributed by atoms with E-state index in [1.54, 1.807) is 24.3 Å². The molecule has 7 nitrogen and oxygen atoms in total. The molecule has 0 aliphatic heterocycles. The first-order valence-corrected chi connectivity index (χ1v) is 9.75. The van der Waals surface area contributed by atoms with E-state index < -0.39 is 7.12 Å². The van der Waals surface area contributed by atoms with E-state index in [2.05, 4.69) is 10.8 Å². The Morgan fingerprint density at radius 3 is 2.07 bits per heavy atom. The van der Waals surface area contributed by atoms with Crippen LogP contribution < -0.4 is 16.3 Å². The smallest absolute Gasteiger partial charge is 0.423 e. The third-order valence-corrected chi connectivity index (χ3v) is 4.32. The fourth-order valence-corrected chi connectivity index (χ4v) is 2.71. The van der Waals surface area contributed by atoms with Crippen molar-refractivity contribution in [3.8, 4) is 0 Å². The molecule has 0 aliphatic rings. The number of hydroxylamine groups is 1. The summed E-state index contributed by atoms with van der Waals surface area (Å²) >= 11 is 0. The van der Waals surface area contributed by atoms with Crippen molar-refractivity contribution in [3.63, 3.8) is 0 Å². The van der Waals surface area contributed by atoms with Crippen molar-refractivity contribution in [1.82, 2.24) is 5.48 Å². The second kappa shape index (κ2) is 12.7. The summed E-state index contributed by atoms with van der Waals surface area (Å²) in [4.78, 5) is 28.7. The van der Waals surface area contributed by atoms with Crippen LogP contribution in [0.1, 0.15) is 44.1 Å². The lowest BCUT2D eigenvalue weighted by atomic mass is 9.80. The summed E-state index contributed by atoms with van der Waals surface area (Å²) in [7, 11) is -1.50. The molecule has 0 aromatic heterocycles. The lowest BCUT2D eigenvalue weighted by Crippen LogP contribution is -2.29. The first-order valence-electron chi connectivity index (χ1n) is 9.75. The Bertz CT molecular complexity index is 753. The highest BCUT2D eigenvalue weighted by molar-refractivity contribution is 6.58. The maximum absolute atomic E-state index is 11.8. The van der Waals surface area contributed by atoms with Gasteiger partial charge < -0.3 is 15.4 Å². The highest BCUT2D eigenvalue weighted by atomic mass is 16.6. The fourth-order valence-electron chi connectivity index (χ4n) is 2.71. The Hall–Kier alpha value is -2.68. The zero-order chi connectivity index (χ0) is 20.9. The Morgan fingerprint density at radius 2 is 1.45 bits per heavy atom. The largest absolute Gasteiger partial charge is 0.488 e. The molecule has 2 aromatic rings. The minimum atomic E-state index is -1.50. The predicted molar refractivity (Wildman–Crippen MR) is 112 cm³/mol. The zero-order valence-electron chi connectivity index (χ0n) is 16.3. The van der Waals surface area contributed by atoms with E-state index in [1.807, 2.05) is 30.3 Å². The molecule has 0 radical (unpaired) electrons. The third kappa shape index (κ3) is 9.38. The van der Waals surface area contributed by atoms with Crippen LogP contribution in [0, 0.1) is 0 Å². The van der Waals surface area contributed by atoms with Crippen molar-refractivity contribution >= 4 is 30.1 Å². The lowest BCUT2D eigenvalue weighted by molar-refractivity contribution is -0.134. The minimum Gasteiger partial charge on any atom is -0.423 e. The Morgan fingerprint density at radius 1 is 0.828 bits per heavy atom. The van der Waals surface area contributed by atoms with Crippen molar-refractivity contribution in [3.05, 3.63) is 60.2 Å². The normalized spacial score (nSPS) is 10.4. The molecule has 2 amide bonds. The first kappa shape index (κ1) is 22.6. The number of anilines is 1. The molecule has 0 saturated carbocycles. The van der Waals surface area contributed by atoms with Crippen molar-refractivity contribution in [2.75, 3.05) is 5.32 Å². The highest BCUT2D eigenvalue weighted by Gasteiger charge is 2.10. The molecule has 0 atom stereocenters. The van der Waals surface area contributed by atoms with Crippen molar-refractivity contribution in [2.45, 2.75) is 45.1 Å². The van der Waals surface area contributed by atoms with Gasteiger partial charge in [-0.2, -0.15) is 0 Å². The molecule has 2 aromatic carbocycles. The number of benzene rings is 2. The van der Waals surface area contributed by atoms with Gasteiger partial charge in [0.15, 0.2) is 0 Å². The number of hydrogen-bond acceptors (Lipinski definition) is 5. The number of carbonyl (C=O) groups is 2. The van der Waals surface area contributed by atoms with Gasteiger partial charge in [-0.25, -0.2) is 5.48 Å². The van der Waals surface area contributed by atoms with Crippen LogP contribution in [0.25, 0.3) is 0 Å². The van der Waals surface area contributed by atoms with E-state index in [0.29, 0.717) is 18.3 Å². The van der Waals surface area contributed by atoms with Gasteiger partial charge in [0.05, 0.1) is 6.61 Å². The molecular weight excluding hydrogens is 371 g/mol. The van der Waals surface area contributed by atoms with Crippen LogP contribution in [0.5, 0.6) is 0 Å². The monoisotopic (exact) mass is 398 g/mol. The Kier molecular flexibility index (Phi) is 9.92. The van der Waals surface area contributed by atoms with Crippen LogP contribution in [-0.2, 0) is 21.0 Å². The predicted octanol–water partition coefficient (Wildman–Crippen LogP) is 1.89. The van der Waals surface area contributed by atoms with E-state index >= 15 is 0 Å². The molecule has 0 bridgehead atoms. The van der Waals surface area contributed by atoms with E-state index in [9.17, 15) is 9.59 Å². The zero-order valence-corrected chi connectivity index (χ0v) is 16.3. The number of rotatable bonds is 12. The number of hydrogen-bond donors (Lipinski definition) is 4. The van der Waals surface area contributed by atoms with Crippen molar-refractivity contribution in [1.29, 1.82) is 0 Å². The van der Waals surface area contributed by atoms with Gasteiger partial charge in [-0.05, 0) is 36.0 Å². The third-order valence-electron chi connectivity index (χ3n) is 4.32. The molecule has 154 valence electrons. The topological polar surface area (TPSA) is 108 Å². The fraction of sp³-hybridized carbons (Fsp3) is 0.333. The van der Waals surface area contributed by atoms with E-state index in [0.717, 1.165) is 36.9 Å². The SMILES string of the molecule is O=C(CCCCCCC(=O)Nc1ccccc1)NOCc1ccc(B(O)O)cc1. The Labute approximate surface area is 171 Å². The number of unbranched alkanes of at least 4 members (excludes halogenated alkanes) is 3. The molecule has 0 unspecified atom stereocenters. The number of nitrogens with one attached hydrogen (secondary N) is 2. The molecule has 0 fully saturated rings. The van der Waals surface area contributed by atoms with Crippen LogP contribution in [0.2, 0.25) is 0 Å². The molecule has 0 aliphatic carbocycles. The molecule has 8 heteroatoms. The quantitative estimate of drug-likeness (QED) is 0.248. The van der Waals surface area contributed by atoms with E-state index in [1.165, 1.54) is 0 Å². The maximum atomic E-state index is 11.8. The van der Waals surface area contributed by atoms with Gasteiger partial charge in [0.1, 0.15) is 0 Å². The summed E-state index contributed by atoms with van der Waals surface area (Å²) in [5.41, 5.74) is 4.41. The summed E-state index contributed by atoms with van der Waals surface area (Å²) in [6.45, 7) is 0.198. The summed E-state index contributed by atoms with van der Waals surface area (Å²) < 4.78 is 0. The molecule has 0 heterocycles. The second-order valence-electron chi connectivity index (χ2n) is 6.76. The van der Waals surface area contributed by atoms with Crippen LogP contribution in [0.15, 0.2) is 54.6 Å². The summed E-state index contributed by atoms with van der Waals surface area (Å²) in [6, 6.07) is 15.9. The van der Waals surface area contributed by atoms with Gasteiger partial charge >= 0.3 is 7.12 Å². The minimum absolute atomic E-state index is 0.00359. The van der Waals surface area contributed by atoms with Gasteiger partial charge in [-0.1, -0.05) is 55.3 Å². The van der Waals surface area contributed by atoms with Gasteiger partial charge in [-0.3, -0.25) is 14.4 Å². The Balaban J connectivity index is 1.47. The van der Waals surface area contributed by atoms with E-state index in [-0.39, 0.29) is 18.4 Å². The average molecular weight is 398 g/mol. The van der Waals surface area contributed by atoms with Gasteiger partial charge in [-0.15, -0.1) is 0 Å². The highest BCUT2D eigenvalue weighted by Crippen LogP contribution is 2.09. The van der Waals surface area contributed by atoms with Gasteiger partial charge in [0, 0.05) is 18.5 Å². The van der Waals surface area contributed by atoms with Crippen LogP contribution in [-0.4, -0.2) is 29.0 Å². The number of amides is 2. The standard InChI is InChI=1S/C21H27BN2O5/c25-20(23-19-8-4-3-5-9-19)10-6-1-2-7-11-21(26)24-29-16-17-12-14-18(15-13-17)22(27)28/h3-5,8-9,12-15,27-28H,1-2,6-7,10-11,16H2,(H,23,25)(H,24,26). The van der Waals surface area contributed by atoms with Gasteiger partial charge in [0.25, 0.3) is 0 Å². The second-order valence-corrected chi connectivity index (χ2v) is 6.76.